The van der Waals surface area contributed by atoms with E-state index in [0.29, 0.717) is 30.1 Å². The highest BCUT2D eigenvalue weighted by molar-refractivity contribution is 9.30. The van der Waals surface area contributed by atoms with Gasteiger partial charge in [-0.3, -0.25) is 0 Å². The number of ether oxygens (including phenoxy) is 4. The average Bonchev–Trinajstić information content (AvgIpc) is 2.76. The fraction of sp³-hybridized carbons (Fsp3) is 0.889. The maximum absolute atomic E-state index is 5.34. The van der Waals surface area contributed by atoms with Crippen molar-refractivity contribution in [2.75, 3.05) is 68.1 Å². The molecule has 0 heterocycles. The summed E-state index contributed by atoms with van der Waals surface area (Å²) in [7, 11) is 23.8. The molecular formula is C18H38N2O4S6Si2+2. The Hall–Kier alpha value is 1.71. The molecule has 2 atom stereocenters. The first-order valence-corrected chi connectivity index (χ1v) is 18.9. The molecule has 0 fully saturated rings. The lowest BCUT2D eigenvalue weighted by Crippen LogP contribution is -2.25. The van der Waals surface area contributed by atoms with Gasteiger partial charge in [-0.15, -0.1) is 0 Å². The number of thioether (sulfide) groups is 2. The van der Waals surface area contributed by atoms with Crippen LogP contribution in [-0.4, -0.2) is 117 Å². The van der Waals surface area contributed by atoms with Crippen LogP contribution in [0.15, 0.2) is 0 Å². The Bertz CT molecular complexity index is 514. The summed E-state index contributed by atoms with van der Waals surface area (Å²) >= 11 is 3.81. The van der Waals surface area contributed by atoms with Crippen molar-refractivity contribution in [3.05, 3.63) is 0 Å². The van der Waals surface area contributed by atoms with Crippen molar-refractivity contribution in [3.8, 4) is 0 Å². The summed E-state index contributed by atoms with van der Waals surface area (Å²) in [6, 6.07) is 0. The number of hydrogen-bond donors (Lipinski definition) is 0. The predicted molar refractivity (Wildman–Crippen MR) is 155 cm³/mol. The third-order valence-electron chi connectivity index (χ3n) is 3.58. The van der Waals surface area contributed by atoms with Crippen LogP contribution in [0.1, 0.15) is 13.8 Å². The van der Waals surface area contributed by atoms with Crippen LogP contribution in [0.2, 0.25) is 11.1 Å². The Morgan fingerprint density at radius 1 is 0.656 bits per heavy atom. The van der Waals surface area contributed by atoms with E-state index in [4.69, 9.17) is 18.9 Å². The van der Waals surface area contributed by atoms with Crippen molar-refractivity contribution in [1.82, 2.24) is 0 Å². The maximum atomic E-state index is 5.34. The van der Waals surface area contributed by atoms with E-state index in [1.54, 1.807) is 28.4 Å². The molecule has 0 aliphatic heterocycles. The first kappa shape index (κ1) is 33.7. The summed E-state index contributed by atoms with van der Waals surface area (Å²) in [5.74, 6) is 1.90. The molecule has 6 nitrogen and oxygen atoms in total. The van der Waals surface area contributed by atoms with Crippen LogP contribution in [0, 0.1) is 0 Å². The van der Waals surface area contributed by atoms with Gasteiger partial charge in [-0.1, -0.05) is 13.8 Å². The second-order valence-corrected chi connectivity index (χ2v) is 18.7. The lowest BCUT2D eigenvalue weighted by Gasteiger charge is -2.16. The molecule has 0 spiro atoms. The molecule has 4 radical (unpaired) electrons. The van der Waals surface area contributed by atoms with Gasteiger partial charge in [-0.05, 0) is 54.3 Å². The van der Waals surface area contributed by atoms with Gasteiger partial charge in [0, 0.05) is 61.5 Å². The van der Waals surface area contributed by atoms with Crippen molar-refractivity contribution in [2.24, 2.45) is 0 Å². The molecule has 0 bridgehead atoms. The molecule has 14 heteroatoms. The molecule has 0 amide bonds. The quantitative estimate of drug-likeness (QED) is 0.0513. The highest BCUT2D eigenvalue weighted by Gasteiger charge is 2.20. The molecule has 0 N–H and O–H groups in total. The molecule has 0 aromatic carbocycles. The summed E-state index contributed by atoms with van der Waals surface area (Å²) in [5, 5.41) is 0. The van der Waals surface area contributed by atoms with Crippen LogP contribution >= 0.6 is 64.8 Å². The van der Waals surface area contributed by atoms with Gasteiger partial charge in [0.05, 0.1) is 0 Å². The van der Waals surface area contributed by atoms with Crippen LogP contribution in [0.3, 0.4) is 0 Å². The Morgan fingerprint density at radius 3 is 1.22 bits per heavy atom. The second kappa shape index (κ2) is 20.9. The number of methoxy groups -OCH3 is 4. The number of nitrogens with zero attached hydrogens (tertiary/aromatic N) is 2. The normalized spacial score (nSPS) is 13.5. The lowest BCUT2D eigenvalue weighted by atomic mass is 10.6. The van der Waals surface area contributed by atoms with Crippen molar-refractivity contribution >= 4 is 92.6 Å². The fourth-order valence-corrected chi connectivity index (χ4v) is 14.1. The fourth-order valence-electron chi connectivity index (χ4n) is 1.96. The minimum atomic E-state index is -0.0991. The van der Waals surface area contributed by atoms with Crippen LogP contribution < -0.4 is 0 Å². The zero-order valence-electron chi connectivity index (χ0n) is 20.7. The van der Waals surface area contributed by atoms with Gasteiger partial charge >= 0.3 is 0 Å². The van der Waals surface area contributed by atoms with E-state index in [0.717, 1.165) is 11.5 Å². The minimum absolute atomic E-state index is 0.0991. The SMILES string of the molecule is COC(OC)[Si]C(C)CSC(SSSSC(SCC(C)[Si]C(OC)OC)=[N+](C)C)=[N+](C)C. The summed E-state index contributed by atoms with van der Waals surface area (Å²) in [6.45, 7) is 4.51. The third kappa shape index (κ3) is 16.4. The van der Waals surface area contributed by atoms with Crippen LogP contribution in [0.5, 0.6) is 0 Å². The molecule has 0 rings (SSSR count). The summed E-state index contributed by atoms with van der Waals surface area (Å²) < 4.78 is 28.4. The van der Waals surface area contributed by atoms with Crippen LogP contribution in [0.4, 0.5) is 0 Å². The van der Waals surface area contributed by atoms with Crippen molar-refractivity contribution in [3.63, 3.8) is 0 Å². The van der Waals surface area contributed by atoms with Gasteiger partial charge < -0.3 is 18.9 Å². The van der Waals surface area contributed by atoms with E-state index in [2.05, 4.69) is 51.2 Å². The summed E-state index contributed by atoms with van der Waals surface area (Å²) in [5.41, 5.74) is 1.08. The summed E-state index contributed by atoms with van der Waals surface area (Å²) in [4.78, 5) is 0. The molecule has 0 aromatic rings. The van der Waals surface area contributed by atoms with Gasteiger partial charge in [-0.2, -0.15) is 0 Å². The molecule has 0 aliphatic carbocycles. The molecule has 32 heavy (non-hydrogen) atoms. The highest BCUT2D eigenvalue weighted by atomic mass is 33.7. The average molecular weight is 595 g/mol. The topological polar surface area (TPSA) is 42.9 Å². The Labute approximate surface area is 224 Å². The van der Waals surface area contributed by atoms with Gasteiger partial charge in [0.25, 0.3) is 8.75 Å². The zero-order chi connectivity index (χ0) is 24.5. The Morgan fingerprint density at radius 2 is 0.969 bits per heavy atom. The monoisotopic (exact) mass is 594 g/mol. The molecule has 0 aliphatic rings. The van der Waals surface area contributed by atoms with E-state index in [1.807, 2.05) is 64.8 Å². The van der Waals surface area contributed by atoms with Crippen molar-refractivity contribution < 1.29 is 28.1 Å². The van der Waals surface area contributed by atoms with E-state index in [1.165, 1.54) is 8.75 Å². The van der Waals surface area contributed by atoms with E-state index in [-0.39, 0.29) is 11.8 Å². The lowest BCUT2D eigenvalue weighted by molar-refractivity contribution is -0.458. The maximum Gasteiger partial charge on any atom is 0.281 e. The molecular weight excluding hydrogens is 557 g/mol. The van der Waals surface area contributed by atoms with Gasteiger partial charge in [0.15, 0.2) is 0 Å². The van der Waals surface area contributed by atoms with Crippen LogP contribution in [0.25, 0.3) is 0 Å². The predicted octanol–water partition coefficient (Wildman–Crippen LogP) is 4.56. The van der Waals surface area contributed by atoms with Gasteiger partial charge in [0.1, 0.15) is 59.1 Å². The molecule has 186 valence electrons. The van der Waals surface area contributed by atoms with Crippen molar-refractivity contribution in [2.45, 2.75) is 36.8 Å². The van der Waals surface area contributed by atoms with Crippen LogP contribution in [-0.2, 0) is 18.9 Å². The molecule has 0 saturated heterocycles. The smallest absolute Gasteiger partial charge is 0.281 e. The third-order valence-corrected chi connectivity index (χ3v) is 17.6. The number of rotatable bonds is 15. The largest absolute Gasteiger partial charge is 0.360 e. The molecule has 0 saturated carbocycles. The standard InChI is InChI=1S/C18H38N2O4S6Si2/c1-13(31-17(21-7)22-8)11-25-15(19(3)4)27-29-30-28-16(20(5)6)26-12-14(2)32-18(23-9)24-10/h13-14,17-18H,11-12H2,1-10H3/q+2. The minimum Gasteiger partial charge on any atom is -0.360 e. The molecule has 2 unspecified atom stereocenters. The Kier molecular flexibility index (Phi) is 22.0. The molecule has 0 aromatic heterocycles. The van der Waals surface area contributed by atoms with Gasteiger partial charge in [-0.25, -0.2) is 9.15 Å². The van der Waals surface area contributed by atoms with Gasteiger partial charge in [0.2, 0.25) is 0 Å². The second-order valence-electron chi connectivity index (χ2n) is 6.99. The summed E-state index contributed by atoms with van der Waals surface area (Å²) in [6.07, 6.45) is 0. The first-order chi connectivity index (χ1) is 15.2. The van der Waals surface area contributed by atoms with E-state index in [9.17, 15) is 0 Å². The Balaban J connectivity index is 4.43. The number of hydrogen-bond acceptors (Lipinski definition) is 10. The van der Waals surface area contributed by atoms with Crippen molar-refractivity contribution in [1.29, 1.82) is 0 Å². The highest BCUT2D eigenvalue weighted by Crippen LogP contribution is 2.47. The zero-order valence-corrected chi connectivity index (χ0v) is 27.6. The van der Waals surface area contributed by atoms with E-state index < -0.39 is 0 Å². The first-order valence-electron chi connectivity index (χ1n) is 9.83. The van der Waals surface area contributed by atoms with E-state index >= 15 is 0 Å².